The summed E-state index contributed by atoms with van der Waals surface area (Å²) < 4.78 is 36.9. The summed E-state index contributed by atoms with van der Waals surface area (Å²) in [6, 6.07) is 0. The fourth-order valence-corrected chi connectivity index (χ4v) is 0.900. The first-order valence-corrected chi connectivity index (χ1v) is 11.5. The van der Waals surface area contributed by atoms with Crippen LogP contribution in [-0.2, 0) is 19.3 Å². The van der Waals surface area contributed by atoms with Gasteiger partial charge in [0.1, 0.15) is 0 Å². The lowest BCUT2D eigenvalue weighted by Crippen LogP contribution is -2.06. The van der Waals surface area contributed by atoms with Gasteiger partial charge in [-0.2, -0.15) is 8.42 Å². The van der Waals surface area contributed by atoms with Gasteiger partial charge in [0.15, 0.2) is 0 Å². The Balaban J connectivity index is -0.0000000222. The molecular formula is C27H60O7S. The highest BCUT2D eigenvalue weighted by Gasteiger charge is 2.03. The van der Waals surface area contributed by atoms with E-state index in [-0.39, 0.29) is 19.8 Å². The highest BCUT2D eigenvalue weighted by molar-refractivity contribution is 7.80. The van der Waals surface area contributed by atoms with Crippen LogP contribution < -0.4 is 0 Å². The molecule has 0 aromatic carbocycles. The standard InChI is InChI=1S/C5H12O4S.C4H10O.C2H6O2.8C2H4/c1-5(2)3-4-9-10(6,7)8;1-3-5-4-2;3-1-2-4;8*1-2/h5H,3-4H2,1-2H3,(H,6,7,8);3-4H2,1-2H3;3-4H,1-2H2;8*1-2H2. The summed E-state index contributed by atoms with van der Waals surface area (Å²) in [4.78, 5) is 0. The molecule has 8 heteroatoms. The Morgan fingerprint density at radius 1 is 0.629 bits per heavy atom. The van der Waals surface area contributed by atoms with E-state index in [0.717, 1.165) is 13.2 Å². The molecule has 0 aliphatic rings. The van der Waals surface area contributed by atoms with Crippen molar-refractivity contribution in [3.05, 3.63) is 105 Å². The summed E-state index contributed by atoms with van der Waals surface area (Å²) in [7, 11) is -4.22. The van der Waals surface area contributed by atoms with Gasteiger partial charge in [-0.1, -0.05) is 13.8 Å². The average Bonchev–Trinajstić information content (AvgIpc) is 2.93. The third-order valence-corrected chi connectivity index (χ3v) is 1.90. The van der Waals surface area contributed by atoms with E-state index in [0.29, 0.717) is 12.3 Å². The van der Waals surface area contributed by atoms with Gasteiger partial charge in [0.2, 0.25) is 0 Å². The summed E-state index contributed by atoms with van der Waals surface area (Å²) in [5.41, 5.74) is 0. The van der Waals surface area contributed by atoms with Crippen molar-refractivity contribution < 1.29 is 32.1 Å². The summed E-state index contributed by atoms with van der Waals surface area (Å²) in [5.74, 6) is 0.377. The van der Waals surface area contributed by atoms with Gasteiger partial charge in [0, 0.05) is 13.2 Å². The Labute approximate surface area is 220 Å². The van der Waals surface area contributed by atoms with E-state index >= 15 is 0 Å². The quantitative estimate of drug-likeness (QED) is 0.235. The average molecular weight is 529 g/mol. The lowest BCUT2D eigenvalue weighted by molar-refractivity contribution is 0.162. The Morgan fingerprint density at radius 2 is 0.857 bits per heavy atom. The molecule has 0 atom stereocenters. The van der Waals surface area contributed by atoms with Gasteiger partial charge in [-0.15, -0.1) is 105 Å². The molecule has 0 spiro atoms. The van der Waals surface area contributed by atoms with E-state index in [1.54, 1.807) is 0 Å². The second kappa shape index (κ2) is 138. The Morgan fingerprint density at radius 3 is 0.943 bits per heavy atom. The van der Waals surface area contributed by atoms with E-state index in [9.17, 15) is 8.42 Å². The van der Waals surface area contributed by atoms with E-state index in [1.807, 2.05) is 27.7 Å². The van der Waals surface area contributed by atoms with E-state index in [1.165, 1.54) is 0 Å². The molecule has 216 valence electrons. The molecule has 0 aliphatic carbocycles. The van der Waals surface area contributed by atoms with Crippen molar-refractivity contribution in [2.45, 2.75) is 34.1 Å². The van der Waals surface area contributed by atoms with E-state index < -0.39 is 10.4 Å². The first-order chi connectivity index (χ1) is 16.7. The molecule has 0 bridgehead atoms. The Bertz CT molecular complexity index is 321. The van der Waals surface area contributed by atoms with E-state index in [4.69, 9.17) is 19.5 Å². The minimum Gasteiger partial charge on any atom is -0.394 e. The van der Waals surface area contributed by atoms with E-state index in [2.05, 4.69) is 109 Å². The molecule has 0 aliphatic heterocycles. The maximum Gasteiger partial charge on any atom is 0.397 e. The maximum atomic E-state index is 9.95. The van der Waals surface area contributed by atoms with Crippen molar-refractivity contribution in [1.29, 1.82) is 0 Å². The molecule has 0 radical (unpaired) electrons. The summed E-state index contributed by atoms with van der Waals surface area (Å²) >= 11 is 0. The van der Waals surface area contributed by atoms with Crippen LogP contribution in [0.4, 0.5) is 0 Å². The van der Waals surface area contributed by atoms with Crippen molar-refractivity contribution in [3.63, 3.8) is 0 Å². The Hall–Kier alpha value is -2.33. The summed E-state index contributed by atoms with van der Waals surface area (Å²) in [5, 5.41) is 15.2. The van der Waals surface area contributed by atoms with Crippen molar-refractivity contribution in [2.75, 3.05) is 33.0 Å². The van der Waals surface area contributed by atoms with Gasteiger partial charge in [-0.25, -0.2) is 4.18 Å². The molecule has 0 unspecified atom stereocenters. The molecule has 0 heterocycles. The van der Waals surface area contributed by atoms with Crippen LogP contribution in [0.1, 0.15) is 34.1 Å². The van der Waals surface area contributed by atoms with Crippen LogP contribution >= 0.6 is 0 Å². The predicted molar refractivity (Wildman–Crippen MR) is 163 cm³/mol. The molecule has 0 saturated heterocycles. The number of aliphatic hydroxyl groups is 2. The normalized spacial score (nSPS) is 6.51. The summed E-state index contributed by atoms with van der Waals surface area (Å²) in [6.45, 7) is 57.3. The molecule has 0 aromatic rings. The maximum absolute atomic E-state index is 9.95. The number of rotatable bonds is 7. The molecular weight excluding hydrogens is 468 g/mol. The topological polar surface area (TPSA) is 113 Å². The van der Waals surface area contributed by atoms with Crippen LogP contribution in [0, 0.1) is 5.92 Å². The zero-order chi connectivity index (χ0) is 31.7. The summed E-state index contributed by atoms with van der Waals surface area (Å²) in [6.07, 6.45) is 0.625. The second-order valence-corrected chi connectivity index (χ2v) is 4.75. The van der Waals surface area contributed by atoms with Gasteiger partial charge < -0.3 is 14.9 Å². The minimum atomic E-state index is -4.22. The highest BCUT2D eigenvalue weighted by atomic mass is 32.3. The largest absolute Gasteiger partial charge is 0.397 e. The number of aliphatic hydroxyl groups excluding tert-OH is 2. The zero-order valence-corrected chi connectivity index (χ0v) is 24.3. The zero-order valence-electron chi connectivity index (χ0n) is 23.5. The van der Waals surface area contributed by atoms with Crippen LogP contribution in [-0.4, -0.2) is 56.2 Å². The van der Waals surface area contributed by atoms with Crippen LogP contribution in [0.3, 0.4) is 0 Å². The lowest BCUT2D eigenvalue weighted by atomic mass is 10.2. The number of hydrogen-bond acceptors (Lipinski definition) is 6. The van der Waals surface area contributed by atoms with Gasteiger partial charge in [0.05, 0.1) is 19.8 Å². The predicted octanol–water partition coefficient (Wildman–Crippen LogP) is 7.28. The van der Waals surface area contributed by atoms with Crippen molar-refractivity contribution >= 4 is 10.4 Å². The Kier molecular flexibility index (Phi) is 276. The molecule has 35 heavy (non-hydrogen) atoms. The number of hydrogen-bond donors (Lipinski definition) is 3. The van der Waals surface area contributed by atoms with Gasteiger partial charge in [-0.3, -0.25) is 4.55 Å². The molecule has 0 fully saturated rings. The molecule has 0 aromatic heterocycles. The first-order valence-electron chi connectivity index (χ1n) is 10.2. The van der Waals surface area contributed by atoms with Crippen LogP contribution in [0.2, 0.25) is 0 Å². The molecule has 7 nitrogen and oxygen atoms in total. The molecule has 0 saturated carbocycles. The first kappa shape index (κ1) is 69.8. The van der Waals surface area contributed by atoms with Crippen molar-refractivity contribution in [2.24, 2.45) is 5.92 Å². The third kappa shape index (κ3) is 474. The van der Waals surface area contributed by atoms with Gasteiger partial charge >= 0.3 is 10.4 Å². The second-order valence-electron chi connectivity index (χ2n) is 3.66. The van der Waals surface area contributed by atoms with Crippen LogP contribution in [0.25, 0.3) is 0 Å². The molecule has 0 rings (SSSR count). The van der Waals surface area contributed by atoms with Crippen molar-refractivity contribution in [1.82, 2.24) is 0 Å². The highest BCUT2D eigenvalue weighted by Crippen LogP contribution is 2.00. The fourth-order valence-electron chi connectivity index (χ4n) is 0.593. The van der Waals surface area contributed by atoms with Crippen LogP contribution in [0.15, 0.2) is 105 Å². The SMILES string of the molecule is C=C.C=C.C=C.C=C.C=C.C=C.C=C.C=C.CC(C)CCOS(=O)(=O)O.CCOCC.OCCO. The van der Waals surface area contributed by atoms with Gasteiger partial charge in [0.25, 0.3) is 0 Å². The fraction of sp³-hybridized carbons (Fsp3) is 0.407. The smallest absolute Gasteiger partial charge is 0.394 e. The van der Waals surface area contributed by atoms with Gasteiger partial charge in [-0.05, 0) is 26.2 Å². The van der Waals surface area contributed by atoms with Crippen molar-refractivity contribution in [3.8, 4) is 0 Å². The number of ether oxygens (including phenoxy) is 1. The molecule has 3 N–H and O–H groups in total. The minimum absolute atomic E-state index is 0.0521. The monoisotopic (exact) mass is 528 g/mol. The third-order valence-electron chi connectivity index (χ3n) is 1.44. The van der Waals surface area contributed by atoms with Crippen LogP contribution in [0.5, 0.6) is 0 Å². The molecule has 0 amide bonds. The lowest BCUT2D eigenvalue weighted by Gasteiger charge is -2.01.